The van der Waals surface area contributed by atoms with E-state index >= 15 is 0 Å². The number of fused-ring (bicyclic) bond motifs is 1. The molecule has 0 amide bonds. The van der Waals surface area contributed by atoms with Crippen molar-refractivity contribution in [1.29, 1.82) is 0 Å². The number of aliphatic hydroxyl groups excluding tert-OH is 2. The predicted molar refractivity (Wildman–Crippen MR) is 105 cm³/mol. The molecule has 3 rings (SSSR count). The van der Waals surface area contributed by atoms with Gasteiger partial charge in [0.1, 0.15) is 0 Å². The lowest BCUT2D eigenvalue weighted by Gasteiger charge is -2.00. The van der Waals surface area contributed by atoms with Gasteiger partial charge in [-0.15, -0.1) is 0 Å². The highest BCUT2D eigenvalue weighted by Gasteiger charge is 2.06. The van der Waals surface area contributed by atoms with Crippen LogP contribution in [0.5, 0.6) is 0 Å². The van der Waals surface area contributed by atoms with Crippen LogP contribution in [-0.2, 0) is 0 Å². The first-order valence-electron chi connectivity index (χ1n) is 8.31. The summed E-state index contributed by atoms with van der Waals surface area (Å²) < 4.78 is 0. The third-order valence-corrected chi connectivity index (χ3v) is 3.50. The Balaban J connectivity index is 0.000000247. The first-order valence-corrected chi connectivity index (χ1v) is 8.31. The first kappa shape index (κ1) is 23.3. The number of benzene rings is 3. The van der Waals surface area contributed by atoms with Crippen LogP contribution < -0.4 is 0 Å². The highest BCUT2D eigenvalue weighted by atomic mass is 16.4. The molecule has 0 fully saturated rings. The fourth-order valence-corrected chi connectivity index (χ4v) is 2.17. The van der Waals surface area contributed by atoms with Gasteiger partial charge in [0.05, 0.1) is 29.9 Å². The van der Waals surface area contributed by atoms with Crippen molar-refractivity contribution in [3.05, 3.63) is 83.4 Å². The predicted octanol–water partition coefficient (Wildman–Crippen LogP) is 2.59. The molecule has 8 heteroatoms. The second kappa shape index (κ2) is 11.9. The van der Waals surface area contributed by atoms with Crippen LogP contribution in [0.4, 0.5) is 0 Å². The largest absolute Gasteiger partial charge is 0.478 e. The number of carbonyl (C=O) groups is 3. The zero-order valence-corrected chi connectivity index (χ0v) is 15.2. The molecule has 0 bridgehead atoms. The summed E-state index contributed by atoms with van der Waals surface area (Å²) in [5, 5.41) is 42.8. The number of aromatic carboxylic acids is 3. The van der Waals surface area contributed by atoms with Gasteiger partial charge in [0.15, 0.2) is 0 Å². The Labute approximate surface area is 165 Å². The van der Waals surface area contributed by atoms with Gasteiger partial charge in [-0.05, 0) is 41.1 Å². The van der Waals surface area contributed by atoms with Crippen LogP contribution >= 0.6 is 0 Å². The van der Waals surface area contributed by atoms with Gasteiger partial charge in [-0.2, -0.15) is 0 Å². The summed E-state index contributed by atoms with van der Waals surface area (Å²) in [6.07, 6.45) is 0. The highest BCUT2D eigenvalue weighted by molar-refractivity contribution is 6.03. The lowest BCUT2D eigenvalue weighted by atomic mass is 10.1. The lowest BCUT2D eigenvalue weighted by molar-refractivity contribution is 0.0681. The molecular weight excluding hydrogens is 380 g/mol. The molecule has 0 unspecified atom stereocenters. The van der Waals surface area contributed by atoms with Gasteiger partial charge >= 0.3 is 17.9 Å². The van der Waals surface area contributed by atoms with E-state index in [1.54, 1.807) is 12.1 Å². The quantitative estimate of drug-likeness (QED) is 0.448. The van der Waals surface area contributed by atoms with E-state index in [0.717, 1.165) is 10.8 Å². The topological polar surface area (TPSA) is 152 Å². The number of carboxylic acids is 3. The van der Waals surface area contributed by atoms with E-state index in [4.69, 9.17) is 25.5 Å². The summed E-state index contributed by atoms with van der Waals surface area (Å²) in [6.45, 7) is -0.250. The fraction of sp³-hybridized carbons (Fsp3) is 0.0952. The molecule has 5 N–H and O–H groups in total. The number of carboxylic acid groups (broad SMARTS) is 3. The smallest absolute Gasteiger partial charge is 0.336 e. The number of aliphatic hydroxyl groups is 2. The van der Waals surface area contributed by atoms with Crippen molar-refractivity contribution in [1.82, 2.24) is 0 Å². The maximum atomic E-state index is 10.8. The third kappa shape index (κ3) is 7.41. The molecule has 152 valence electrons. The molecule has 0 aromatic heterocycles. The van der Waals surface area contributed by atoms with E-state index in [2.05, 4.69) is 0 Å². The molecule has 0 saturated heterocycles. The van der Waals surface area contributed by atoms with Crippen LogP contribution in [0.25, 0.3) is 10.8 Å². The first-order chi connectivity index (χ1) is 13.8. The molecule has 0 atom stereocenters. The Morgan fingerprint density at radius 3 is 1.45 bits per heavy atom. The summed E-state index contributed by atoms with van der Waals surface area (Å²) in [4.78, 5) is 31.5. The van der Waals surface area contributed by atoms with E-state index in [0.29, 0.717) is 5.56 Å². The lowest BCUT2D eigenvalue weighted by Crippen LogP contribution is -1.99. The van der Waals surface area contributed by atoms with Crippen LogP contribution in [-0.4, -0.2) is 56.7 Å². The minimum Gasteiger partial charge on any atom is -0.478 e. The van der Waals surface area contributed by atoms with Crippen LogP contribution in [0.1, 0.15) is 31.1 Å². The van der Waals surface area contributed by atoms with Crippen molar-refractivity contribution >= 4 is 28.7 Å². The number of hydrogen-bond donors (Lipinski definition) is 5. The number of rotatable bonds is 4. The maximum absolute atomic E-state index is 10.8. The Hall–Kier alpha value is -3.75. The zero-order chi connectivity index (χ0) is 21.8. The van der Waals surface area contributed by atoms with Crippen molar-refractivity contribution in [3.63, 3.8) is 0 Å². The van der Waals surface area contributed by atoms with Crippen molar-refractivity contribution in [2.75, 3.05) is 13.2 Å². The van der Waals surface area contributed by atoms with E-state index < -0.39 is 17.9 Å². The molecule has 0 saturated carbocycles. The molecule has 0 aliphatic carbocycles. The minimum absolute atomic E-state index is 0.0833. The Morgan fingerprint density at radius 2 is 1.03 bits per heavy atom. The van der Waals surface area contributed by atoms with Crippen LogP contribution in [0.3, 0.4) is 0 Å². The fourth-order valence-electron chi connectivity index (χ4n) is 2.17. The Bertz CT molecular complexity index is 924. The summed E-state index contributed by atoms with van der Waals surface area (Å²) in [5.41, 5.74) is 0.526. The Morgan fingerprint density at radius 1 is 0.586 bits per heavy atom. The van der Waals surface area contributed by atoms with Gasteiger partial charge in [-0.3, -0.25) is 0 Å². The number of hydrogen-bond acceptors (Lipinski definition) is 5. The second-order valence-corrected chi connectivity index (χ2v) is 5.47. The third-order valence-electron chi connectivity index (χ3n) is 3.50. The van der Waals surface area contributed by atoms with Crippen molar-refractivity contribution < 1.29 is 39.9 Å². The normalized spacial score (nSPS) is 9.45. The van der Waals surface area contributed by atoms with Gasteiger partial charge in [0.2, 0.25) is 0 Å². The minimum atomic E-state index is -1.06. The summed E-state index contributed by atoms with van der Waals surface area (Å²) in [7, 11) is 0. The molecule has 29 heavy (non-hydrogen) atoms. The van der Waals surface area contributed by atoms with E-state index in [9.17, 15) is 14.4 Å². The van der Waals surface area contributed by atoms with Crippen molar-refractivity contribution in [2.24, 2.45) is 0 Å². The monoisotopic (exact) mass is 400 g/mol. The van der Waals surface area contributed by atoms with E-state index in [1.165, 1.54) is 24.3 Å². The van der Waals surface area contributed by atoms with Crippen LogP contribution in [0.15, 0.2) is 66.7 Å². The second-order valence-electron chi connectivity index (χ2n) is 5.47. The SMILES string of the molecule is O=C(O)c1ccc(C(=O)O)cc1.O=C(O)c1cccc2ccccc12.OCCO. The van der Waals surface area contributed by atoms with Gasteiger partial charge in [0.25, 0.3) is 0 Å². The molecule has 0 aliphatic heterocycles. The van der Waals surface area contributed by atoms with Gasteiger partial charge < -0.3 is 25.5 Å². The molecule has 0 heterocycles. The molecule has 0 radical (unpaired) electrons. The molecular formula is C21H20O8. The van der Waals surface area contributed by atoms with Gasteiger partial charge in [-0.1, -0.05) is 36.4 Å². The summed E-state index contributed by atoms with van der Waals surface area (Å²) in [5.74, 6) is -3.00. The van der Waals surface area contributed by atoms with Crippen LogP contribution in [0.2, 0.25) is 0 Å². The van der Waals surface area contributed by atoms with Crippen LogP contribution in [0, 0.1) is 0 Å². The summed E-state index contributed by atoms with van der Waals surface area (Å²) in [6, 6.07) is 17.8. The molecule has 0 spiro atoms. The molecule has 3 aromatic rings. The maximum Gasteiger partial charge on any atom is 0.336 e. The molecule has 0 aliphatic rings. The standard InChI is InChI=1S/C11H8O2.C8H6O4.C2H6O2/c12-11(13)10-7-3-5-8-4-1-2-6-9(8)10;9-7(10)5-1-2-6(4-3-5)8(11)12;3-1-2-4/h1-7H,(H,12,13);1-4H,(H,9,10)(H,11,12);3-4H,1-2H2. The average molecular weight is 400 g/mol. The van der Waals surface area contributed by atoms with Crippen molar-refractivity contribution in [3.8, 4) is 0 Å². The Kier molecular flexibility index (Phi) is 9.52. The average Bonchev–Trinajstić information content (AvgIpc) is 2.73. The van der Waals surface area contributed by atoms with E-state index in [1.807, 2.05) is 30.3 Å². The zero-order valence-electron chi connectivity index (χ0n) is 15.2. The van der Waals surface area contributed by atoms with Crippen molar-refractivity contribution in [2.45, 2.75) is 0 Å². The van der Waals surface area contributed by atoms with E-state index in [-0.39, 0.29) is 24.3 Å². The summed E-state index contributed by atoms with van der Waals surface area (Å²) >= 11 is 0. The van der Waals surface area contributed by atoms with Gasteiger partial charge in [0, 0.05) is 0 Å². The molecule has 8 nitrogen and oxygen atoms in total. The molecule has 3 aromatic carbocycles. The highest BCUT2D eigenvalue weighted by Crippen LogP contribution is 2.17. The van der Waals surface area contributed by atoms with Gasteiger partial charge in [-0.25, -0.2) is 14.4 Å².